The number of aliphatic hydroxyl groups is 1. The fourth-order valence-electron chi connectivity index (χ4n) is 0.946. The van der Waals surface area contributed by atoms with Crippen LogP contribution in [0, 0.1) is 0 Å². The molecule has 0 radical (unpaired) electrons. The molecule has 0 spiro atoms. The molecule has 1 amide bonds. The van der Waals surface area contributed by atoms with Crippen molar-refractivity contribution >= 4 is 5.91 Å². The van der Waals surface area contributed by atoms with E-state index in [9.17, 15) is 4.79 Å². The molecule has 0 heterocycles. The number of hydrogen-bond acceptors (Lipinski definition) is 4. The number of nitrogens with one attached hydrogen (secondary N) is 1. The van der Waals surface area contributed by atoms with Gasteiger partial charge in [-0.1, -0.05) is 0 Å². The molecule has 0 aromatic rings. The van der Waals surface area contributed by atoms with Gasteiger partial charge < -0.3 is 20.9 Å². The minimum atomic E-state index is -0.462. The fourth-order valence-corrected chi connectivity index (χ4v) is 0.946. The standard InChI is InChI=1S/C9H20N2O3/c10-4-2-1-3-6-14-7-5-11-9(13)8-12/h12H,1-8,10H2,(H,11,13). The molecule has 5 nitrogen and oxygen atoms in total. The van der Waals surface area contributed by atoms with Crippen molar-refractivity contribution in [3.63, 3.8) is 0 Å². The molecular formula is C9H20N2O3. The van der Waals surface area contributed by atoms with Crippen LogP contribution in [-0.4, -0.2) is 43.9 Å². The average molecular weight is 204 g/mol. The van der Waals surface area contributed by atoms with E-state index in [1.807, 2.05) is 0 Å². The Hall–Kier alpha value is -0.650. The molecule has 5 heteroatoms. The van der Waals surface area contributed by atoms with Crippen molar-refractivity contribution in [2.24, 2.45) is 5.73 Å². The van der Waals surface area contributed by atoms with Gasteiger partial charge in [-0.2, -0.15) is 0 Å². The zero-order valence-corrected chi connectivity index (χ0v) is 8.50. The molecule has 84 valence electrons. The number of carbonyl (C=O) groups excluding carboxylic acids is 1. The first-order valence-corrected chi connectivity index (χ1v) is 4.96. The second kappa shape index (κ2) is 10.4. The number of nitrogens with two attached hydrogens (primary N) is 1. The number of amides is 1. The van der Waals surface area contributed by atoms with Crippen LogP contribution in [0.2, 0.25) is 0 Å². The number of unbranched alkanes of at least 4 members (excludes halogenated alkanes) is 2. The van der Waals surface area contributed by atoms with Gasteiger partial charge in [-0.25, -0.2) is 0 Å². The highest BCUT2D eigenvalue weighted by atomic mass is 16.5. The van der Waals surface area contributed by atoms with E-state index in [0.29, 0.717) is 19.8 Å². The van der Waals surface area contributed by atoms with Crippen molar-refractivity contribution < 1.29 is 14.6 Å². The maximum Gasteiger partial charge on any atom is 0.245 e. The Bertz CT molecular complexity index is 142. The summed E-state index contributed by atoms with van der Waals surface area (Å²) in [5.41, 5.74) is 5.33. The van der Waals surface area contributed by atoms with Gasteiger partial charge in [0.05, 0.1) is 6.61 Å². The summed E-state index contributed by atoms with van der Waals surface area (Å²) in [7, 11) is 0. The van der Waals surface area contributed by atoms with Crippen LogP contribution in [-0.2, 0) is 9.53 Å². The van der Waals surface area contributed by atoms with Crippen molar-refractivity contribution in [2.75, 3.05) is 32.9 Å². The third-order valence-electron chi connectivity index (χ3n) is 1.70. The predicted molar refractivity (Wildman–Crippen MR) is 53.8 cm³/mol. The molecule has 4 N–H and O–H groups in total. The minimum absolute atomic E-state index is 0.364. The molecule has 0 aliphatic heterocycles. The van der Waals surface area contributed by atoms with Crippen molar-refractivity contribution in [1.29, 1.82) is 0 Å². The molecule has 0 aliphatic rings. The smallest absolute Gasteiger partial charge is 0.245 e. The Labute approximate surface area is 84.6 Å². The van der Waals surface area contributed by atoms with Crippen LogP contribution in [0.3, 0.4) is 0 Å². The van der Waals surface area contributed by atoms with E-state index in [1.165, 1.54) is 0 Å². The first kappa shape index (κ1) is 13.4. The normalized spacial score (nSPS) is 10.1. The fraction of sp³-hybridized carbons (Fsp3) is 0.889. The van der Waals surface area contributed by atoms with E-state index in [0.717, 1.165) is 25.8 Å². The topological polar surface area (TPSA) is 84.6 Å². The second-order valence-electron chi connectivity index (χ2n) is 2.97. The van der Waals surface area contributed by atoms with Crippen LogP contribution in [0.15, 0.2) is 0 Å². The van der Waals surface area contributed by atoms with Crippen LogP contribution in [0.25, 0.3) is 0 Å². The molecule has 14 heavy (non-hydrogen) atoms. The molecule has 0 unspecified atom stereocenters. The maximum absolute atomic E-state index is 10.6. The van der Waals surface area contributed by atoms with E-state index >= 15 is 0 Å². The number of ether oxygens (including phenoxy) is 1. The highest BCUT2D eigenvalue weighted by Crippen LogP contribution is 1.93. The highest BCUT2D eigenvalue weighted by molar-refractivity contribution is 5.76. The van der Waals surface area contributed by atoms with Gasteiger partial charge in [-0.15, -0.1) is 0 Å². The Kier molecular flexibility index (Phi) is 9.95. The zero-order valence-electron chi connectivity index (χ0n) is 8.50. The molecule has 0 aliphatic carbocycles. The van der Waals surface area contributed by atoms with Gasteiger partial charge in [0.2, 0.25) is 5.91 Å². The van der Waals surface area contributed by atoms with E-state index in [2.05, 4.69) is 5.32 Å². The lowest BCUT2D eigenvalue weighted by atomic mass is 10.2. The summed E-state index contributed by atoms with van der Waals surface area (Å²) in [5, 5.41) is 10.9. The van der Waals surface area contributed by atoms with Gasteiger partial charge in [0.1, 0.15) is 6.61 Å². The Morgan fingerprint density at radius 1 is 1.29 bits per heavy atom. The monoisotopic (exact) mass is 204 g/mol. The van der Waals surface area contributed by atoms with E-state index in [-0.39, 0.29) is 5.91 Å². The third-order valence-corrected chi connectivity index (χ3v) is 1.70. The Morgan fingerprint density at radius 2 is 2.07 bits per heavy atom. The summed E-state index contributed by atoms with van der Waals surface area (Å²) < 4.78 is 5.24. The first-order valence-electron chi connectivity index (χ1n) is 4.96. The van der Waals surface area contributed by atoms with Crippen LogP contribution in [0.5, 0.6) is 0 Å². The van der Waals surface area contributed by atoms with Crippen LogP contribution >= 0.6 is 0 Å². The van der Waals surface area contributed by atoms with Gasteiger partial charge in [0.15, 0.2) is 0 Å². The van der Waals surface area contributed by atoms with E-state index in [4.69, 9.17) is 15.6 Å². The molecule has 0 fully saturated rings. The quantitative estimate of drug-likeness (QED) is 0.431. The lowest BCUT2D eigenvalue weighted by Crippen LogP contribution is -2.29. The van der Waals surface area contributed by atoms with Crippen molar-refractivity contribution in [3.05, 3.63) is 0 Å². The van der Waals surface area contributed by atoms with Crippen molar-refractivity contribution in [2.45, 2.75) is 19.3 Å². The third kappa shape index (κ3) is 9.44. The molecule has 0 saturated heterocycles. The van der Waals surface area contributed by atoms with Crippen LogP contribution in [0.4, 0.5) is 0 Å². The SMILES string of the molecule is NCCCCCOCCNC(=O)CO. The van der Waals surface area contributed by atoms with Gasteiger partial charge >= 0.3 is 0 Å². The lowest BCUT2D eigenvalue weighted by Gasteiger charge is -2.04. The van der Waals surface area contributed by atoms with Gasteiger partial charge in [-0.3, -0.25) is 4.79 Å². The molecule has 0 bridgehead atoms. The molecular weight excluding hydrogens is 184 g/mol. The van der Waals surface area contributed by atoms with Crippen molar-refractivity contribution in [3.8, 4) is 0 Å². The van der Waals surface area contributed by atoms with Gasteiger partial charge in [0, 0.05) is 13.2 Å². The molecule has 0 aromatic heterocycles. The van der Waals surface area contributed by atoms with E-state index in [1.54, 1.807) is 0 Å². The Morgan fingerprint density at radius 3 is 2.71 bits per heavy atom. The van der Waals surface area contributed by atoms with Crippen LogP contribution < -0.4 is 11.1 Å². The summed E-state index contributed by atoms with van der Waals surface area (Å²) >= 11 is 0. The summed E-state index contributed by atoms with van der Waals surface area (Å²) in [4.78, 5) is 10.6. The average Bonchev–Trinajstić information content (AvgIpc) is 2.21. The van der Waals surface area contributed by atoms with Crippen molar-refractivity contribution in [1.82, 2.24) is 5.32 Å². The molecule has 0 rings (SSSR count). The zero-order chi connectivity index (χ0) is 10.6. The maximum atomic E-state index is 10.6. The molecule has 0 atom stereocenters. The first-order chi connectivity index (χ1) is 6.81. The molecule has 0 saturated carbocycles. The summed E-state index contributed by atoms with van der Waals surface area (Å²) in [6.07, 6.45) is 3.12. The number of rotatable bonds is 9. The molecule has 0 aromatic carbocycles. The highest BCUT2D eigenvalue weighted by Gasteiger charge is 1.95. The van der Waals surface area contributed by atoms with Gasteiger partial charge in [-0.05, 0) is 25.8 Å². The number of hydrogen-bond donors (Lipinski definition) is 3. The van der Waals surface area contributed by atoms with E-state index < -0.39 is 6.61 Å². The summed E-state index contributed by atoms with van der Waals surface area (Å²) in [6.45, 7) is 1.92. The largest absolute Gasteiger partial charge is 0.387 e. The lowest BCUT2D eigenvalue weighted by molar-refractivity contribution is -0.124. The minimum Gasteiger partial charge on any atom is -0.387 e. The second-order valence-corrected chi connectivity index (χ2v) is 2.97. The Balaban J connectivity index is 2.95. The summed E-state index contributed by atoms with van der Waals surface area (Å²) in [5.74, 6) is -0.364. The number of carbonyl (C=O) groups is 1. The number of aliphatic hydroxyl groups excluding tert-OH is 1. The van der Waals surface area contributed by atoms with Crippen LogP contribution in [0.1, 0.15) is 19.3 Å². The predicted octanol–water partition coefficient (Wildman–Crippen LogP) is -0.759. The van der Waals surface area contributed by atoms with Gasteiger partial charge in [0.25, 0.3) is 0 Å². The summed E-state index contributed by atoms with van der Waals surface area (Å²) in [6, 6.07) is 0.